The van der Waals surface area contributed by atoms with Crippen LogP contribution >= 0.6 is 0 Å². The summed E-state index contributed by atoms with van der Waals surface area (Å²) < 4.78 is 18.2. The third-order valence-corrected chi connectivity index (χ3v) is 1.57. The molecule has 0 spiro atoms. The SMILES string of the molecule is Oc1on[n+]2c1C[C@@H](F)C2. The fraction of sp³-hybridized carbons (Fsp3) is 0.600. The van der Waals surface area contributed by atoms with E-state index in [1.807, 2.05) is 0 Å². The Kier molecular flexibility index (Phi) is 0.947. The minimum Gasteiger partial charge on any atom is -0.475 e. The van der Waals surface area contributed by atoms with E-state index in [4.69, 9.17) is 5.11 Å². The fourth-order valence-electron chi connectivity index (χ4n) is 1.10. The summed E-state index contributed by atoms with van der Waals surface area (Å²) in [6.45, 7) is 0.194. The van der Waals surface area contributed by atoms with Crippen LogP contribution in [0.2, 0.25) is 0 Å². The first-order chi connectivity index (χ1) is 4.77. The Labute approximate surface area is 55.8 Å². The second-order valence-electron chi connectivity index (χ2n) is 2.31. The molecule has 0 saturated heterocycles. The van der Waals surface area contributed by atoms with Crippen LogP contribution in [0.1, 0.15) is 5.69 Å². The number of nitrogens with zero attached hydrogens (tertiary/aromatic N) is 2. The summed E-state index contributed by atoms with van der Waals surface area (Å²) in [7, 11) is 0. The summed E-state index contributed by atoms with van der Waals surface area (Å²) in [5.41, 5.74) is 0.451. The Balaban J connectivity index is 2.44. The van der Waals surface area contributed by atoms with Crippen LogP contribution in [0.15, 0.2) is 4.52 Å². The van der Waals surface area contributed by atoms with Crippen LogP contribution in [0.25, 0.3) is 0 Å². The summed E-state index contributed by atoms with van der Waals surface area (Å²) in [6, 6.07) is 0. The summed E-state index contributed by atoms with van der Waals surface area (Å²) in [5, 5.41) is 12.3. The maximum atomic E-state index is 12.5. The fourth-order valence-corrected chi connectivity index (χ4v) is 1.10. The molecule has 0 bridgehead atoms. The quantitative estimate of drug-likeness (QED) is 0.503. The van der Waals surface area contributed by atoms with Gasteiger partial charge in [-0.15, -0.1) is 0 Å². The zero-order chi connectivity index (χ0) is 7.14. The molecule has 1 atom stereocenters. The predicted molar refractivity (Wildman–Crippen MR) is 27.0 cm³/mol. The molecule has 0 fully saturated rings. The van der Waals surface area contributed by atoms with E-state index in [9.17, 15) is 4.39 Å². The van der Waals surface area contributed by atoms with Gasteiger partial charge in [0.25, 0.3) is 5.69 Å². The van der Waals surface area contributed by atoms with E-state index in [2.05, 4.69) is 9.79 Å². The van der Waals surface area contributed by atoms with E-state index in [1.54, 1.807) is 0 Å². The van der Waals surface area contributed by atoms with Crippen molar-refractivity contribution in [2.45, 2.75) is 19.1 Å². The van der Waals surface area contributed by atoms with Gasteiger partial charge in [-0.3, -0.25) is 4.52 Å². The smallest absolute Gasteiger partial charge is 0.383 e. The first kappa shape index (κ1) is 5.64. The largest absolute Gasteiger partial charge is 0.475 e. The number of aromatic hydroxyl groups is 1. The molecule has 1 N–H and O–H groups in total. The topological polar surface area (TPSA) is 50.1 Å². The molecule has 0 unspecified atom stereocenters. The summed E-state index contributed by atoms with van der Waals surface area (Å²) >= 11 is 0. The van der Waals surface area contributed by atoms with Crippen LogP contribution in [-0.4, -0.2) is 16.5 Å². The first-order valence-corrected chi connectivity index (χ1v) is 2.99. The average Bonchev–Trinajstić information content (AvgIpc) is 2.35. The molecule has 0 aromatic carbocycles. The third-order valence-electron chi connectivity index (χ3n) is 1.57. The van der Waals surface area contributed by atoms with Crippen molar-refractivity contribution in [2.75, 3.05) is 0 Å². The van der Waals surface area contributed by atoms with E-state index in [1.165, 1.54) is 4.68 Å². The lowest BCUT2D eigenvalue weighted by molar-refractivity contribution is -0.759. The number of halogens is 1. The molecule has 5 heteroatoms. The number of rotatable bonds is 0. The Morgan fingerprint density at radius 1 is 1.80 bits per heavy atom. The second kappa shape index (κ2) is 1.68. The van der Waals surface area contributed by atoms with Gasteiger partial charge in [0.2, 0.25) is 11.8 Å². The number of aromatic nitrogens is 2. The number of fused-ring (bicyclic) bond motifs is 1. The van der Waals surface area contributed by atoms with Crippen molar-refractivity contribution in [2.24, 2.45) is 0 Å². The second-order valence-corrected chi connectivity index (χ2v) is 2.31. The van der Waals surface area contributed by atoms with Crippen LogP contribution < -0.4 is 4.68 Å². The van der Waals surface area contributed by atoms with E-state index in [-0.39, 0.29) is 18.9 Å². The van der Waals surface area contributed by atoms with E-state index in [0.717, 1.165) is 0 Å². The molecule has 10 heavy (non-hydrogen) atoms. The summed E-state index contributed by atoms with van der Waals surface area (Å²) in [5.74, 6) is -0.264. The zero-order valence-electron chi connectivity index (χ0n) is 5.12. The van der Waals surface area contributed by atoms with E-state index < -0.39 is 6.17 Å². The normalized spacial score (nSPS) is 23.1. The minimum atomic E-state index is -0.926. The van der Waals surface area contributed by atoms with E-state index in [0.29, 0.717) is 5.69 Å². The number of hydrogen-bond acceptors (Lipinski definition) is 3. The molecule has 0 aliphatic carbocycles. The van der Waals surface area contributed by atoms with Gasteiger partial charge in [-0.2, -0.15) is 0 Å². The molecule has 2 rings (SSSR count). The maximum Gasteiger partial charge on any atom is 0.383 e. The zero-order valence-corrected chi connectivity index (χ0v) is 5.12. The van der Waals surface area contributed by atoms with Crippen LogP contribution in [-0.2, 0) is 13.0 Å². The molecule has 1 aliphatic rings. The highest BCUT2D eigenvalue weighted by molar-refractivity contribution is 5.07. The van der Waals surface area contributed by atoms with Gasteiger partial charge in [0.15, 0.2) is 6.17 Å². The minimum absolute atomic E-state index is 0.194. The Morgan fingerprint density at radius 3 is 3.30 bits per heavy atom. The highest BCUT2D eigenvalue weighted by atomic mass is 19.1. The van der Waals surface area contributed by atoms with Crippen molar-refractivity contribution >= 4 is 0 Å². The molecular weight excluding hydrogens is 139 g/mol. The maximum absolute atomic E-state index is 12.5. The van der Waals surface area contributed by atoms with Gasteiger partial charge in [0.05, 0.1) is 6.42 Å². The molecule has 0 saturated carbocycles. The first-order valence-electron chi connectivity index (χ1n) is 2.99. The van der Waals surface area contributed by atoms with Crippen molar-refractivity contribution in [3.8, 4) is 5.95 Å². The molecule has 1 aliphatic heterocycles. The summed E-state index contributed by atoms with van der Waals surface area (Å²) in [4.78, 5) is 0. The molecular formula is C5H6FN2O2+. The van der Waals surface area contributed by atoms with Crippen molar-refractivity contribution in [1.82, 2.24) is 5.27 Å². The monoisotopic (exact) mass is 145 g/mol. The molecule has 4 nitrogen and oxygen atoms in total. The van der Waals surface area contributed by atoms with Gasteiger partial charge < -0.3 is 5.11 Å². The van der Waals surface area contributed by atoms with Gasteiger partial charge in [-0.25, -0.2) is 4.39 Å². The third kappa shape index (κ3) is 0.600. The van der Waals surface area contributed by atoms with Gasteiger partial charge in [-0.05, 0) is 4.68 Å². The van der Waals surface area contributed by atoms with Crippen LogP contribution in [0.5, 0.6) is 5.95 Å². The molecule has 0 radical (unpaired) electrons. The van der Waals surface area contributed by atoms with Crippen molar-refractivity contribution in [3.63, 3.8) is 0 Å². The van der Waals surface area contributed by atoms with Crippen LogP contribution in [0, 0.1) is 0 Å². The van der Waals surface area contributed by atoms with Gasteiger partial charge >= 0.3 is 5.95 Å². The Hall–Kier alpha value is -1.13. The van der Waals surface area contributed by atoms with Crippen LogP contribution in [0.4, 0.5) is 4.39 Å². The standard InChI is InChI=1S/C5H5FN2O2/c6-3-1-4-5(9)10-7-8(4)2-3/h3H,1-2H2/p+1/t3-/m1/s1. The molecule has 1 aromatic heterocycles. The van der Waals surface area contributed by atoms with Crippen LogP contribution in [0.3, 0.4) is 0 Å². The molecule has 1 aromatic rings. The van der Waals surface area contributed by atoms with Gasteiger partial charge in [0.1, 0.15) is 0 Å². The predicted octanol–water partition coefficient (Wildman–Crippen LogP) is -0.438. The van der Waals surface area contributed by atoms with E-state index >= 15 is 0 Å². The molecule has 0 amide bonds. The van der Waals surface area contributed by atoms with Gasteiger partial charge in [0, 0.05) is 0 Å². The van der Waals surface area contributed by atoms with Crippen molar-refractivity contribution < 1.29 is 18.7 Å². The lowest BCUT2D eigenvalue weighted by Gasteiger charge is -1.82. The van der Waals surface area contributed by atoms with Gasteiger partial charge in [-0.1, -0.05) is 0 Å². The average molecular weight is 145 g/mol. The summed E-state index contributed by atoms with van der Waals surface area (Å²) in [6.07, 6.45) is -0.722. The lowest BCUT2D eigenvalue weighted by atomic mass is 10.3. The van der Waals surface area contributed by atoms with Crippen molar-refractivity contribution in [1.29, 1.82) is 0 Å². The number of hydrogen-bond donors (Lipinski definition) is 1. The Morgan fingerprint density at radius 2 is 2.60 bits per heavy atom. The van der Waals surface area contributed by atoms with Crippen molar-refractivity contribution in [3.05, 3.63) is 5.69 Å². The molecule has 54 valence electrons. The Bertz CT molecular complexity index is 260. The lowest BCUT2D eigenvalue weighted by Crippen LogP contribution is -2.35. The highest BCUT2D eigenvalue weighted by Crippen LogP contribution is 2.18. The number of alkyl halides is 1. The molecule has 2 heterocycles. The highest BCUT2D eigenvalue weighted by Gasteiger charge is 2.37.